The molecule has 1 unspecified atom stereocenters. The zero-order valence-electron chi connectivity index (χ0n) is 16.9. The maximum atomic E-state index is 9.44. The largest absolute Gasteiger partial charge is 0.393 e. The van der Waals surface area contributed by atoms with Gasteiger partial charge >= 0.3 is 0 Å². The van der Waals surface area contributed by atoms with Crippen molar-refractivity contribution in [1.29, 1.82) is 0 Å². The first-order valence-electron chi connectivity index (χ1n) is 11.2. The molecule has 1 aliphatic heterocycles. The van der Waals surface area contributed by atoms with Gasteiger partial charge in [-0.1, -0.05) is 90.4 Å². The Morgan fingerprint density at radius 3 is 1.76 bits per heavy atom. The van der Waals surface area contributed by atoms with Crippen LogP contribution in [0.2, 0.25) is 0 Å². The third kappa shape index (κ3) is 12.0. The van der Waals surface area contributed by atoms with E-state index in [0.29, 0.717) is 6.61 Å². The molecule has 1 heterocycles. The minimum Gasteiger partial charge on any atom is -0.393 e. The molecule has 0 saturated carbocycles. The number of aliphatic hydroxyl groups excluding tert-OH is 1. The monoisotopic (exact) mass is 356 g/mol. The number of hydrogen-bond acceptors (Lipinski definition) is 3. The second kappa shape index (κ2) is 16.1. The highest BCUT2D eigenvalue weighted by Crippen LogP contribution is 2.25. The second-order valence-corrected chi connectivity index (χ2v) is 7.94. The maximum absolute atomic E-state index is 9.44. The van der Waals surface area contributed by atoms with Crippen molar-refractivity contribution in [2.24, 2.45) is 0 Å². The highest BCUT2D eigenvalue weighted by Gasteiger charge is 2.34. The molecule has 0 radical (unpaired) electrons. The van der Waals surface area contributed by atoms with Gasteiger partial charge in [0.2, 0.25) is 0 Å². The molecule has 0 aromatic heterocycles. The molecule has 0 aromatic rings. The van der Waals surface area contributed by atoms with E-state index >= 15 is 0 Å². The van der Waals surface area contributed by atoms with Crippen LogP contribution in [0.5, 0.6) is 0 Å². The van der Waals surface area contributed by atoms with Crippen LogP contribution in [-0.4, -0.2) is 37.1 Å². The Morgan fingerprint density at radius 2 is 1.32 bits per heavy atom. The molecule has 1 atom stereocenters. The van der Waals surface area contributed by atoms with Gasteiger partial charge in [0.05, 0.1) is 13.2 Å². The summed E-state index contributed by atoms with van der Waals surface area (Å²) in [6.07, 6.45) is 21.3. The first-order chi connectivity index (χ1) is 12.3. The average Bonchev–Trinajstić information content (AvgIpc) is 3.11. The van der Waals surface area contributed by atoms with Crippen LogP contribution in [0.25, 0.3) is 0 Å². The highest BCUT2D eigenvalue weighted by molar-refractivity contribution is 4.84. The molecule has 0 amide bonds. The quantitative estimate of drug-likeness (QED) is 0.305. The summed E-state index contributed by atoms with van der Waals surface area (Å²) < 4.78 is 11.4. The summed E-state index contributed by atoms with van der Waals surface area (Å²) in [6.45, 7) is 4.50. The lowest BCUT2D eigenvalue weighted by Gasteiger charge is -2.25. The first-order valence-corrected chi connectivity index (χ1v) is 11.2. The summed E-state index contributed by atoms with van der Waals surface area (Å²) in [5, 5.41) is 9.44. The van der Waals surface area contributed by atoms with Gasteiger partial charge in [-0.2, -0.15) is 0 Å². The molecule has 3 heteroatoms. The highest BCUT2D eigenvalue weighted by atomic mass is 16.6. The van der Waals surface area contributed by atoms with Gasteiger partial charge in [0.15, 0.2) is 0 Å². The third-order valence-electron chi connectivity index (χ3n) is 5.48. The minimum absolute atomic E-state index is 0.0890. The molecule has 1 N–H and O–H groups in total. The van der Waals surface area contributed by atoms with Gasteiger partial charge in [0.1, 0.15) is 5.60 Å². The fraction of sp³-hybridized carbons (Fsp3) is 1.00. The van der Waals surface area contributed by atoms with E-state index in [1.54, 1.807) is 0 Å². The Hall–Kier alpha value is -0.120. The third-order valence-corrected chi connectivity index (χ3v) is 5.48. The second-order valence-electron chi connectivity index (χ2n) is 7.94. The average molecular weight is 357 g/mol. The molecule has 0 aromatic carbocycles. The van der Waals surface area contributed by atoms with Gasteiger partial charge in [0, 0.05) is 13.2 Å². The molecule has 25 heavy (non-hydrogen) atoms. The van der Waals surface area contributed by atoms with Gasteiger partial charge in [0.25, 0.3) is 0 Å². The van der Waals surface area contributed by atoms with Crippen LogP contribution >= 0.6 is 0 Å². The van der Waals surface area contributed by atoms with Crippen LogP contribution in [0.4, 0.5) is 0 Å². The van der Waals surface area contributed by atoms with E-state index in [-0.39, 0.29) is 6.61 Å². The Balaban J connectivity index is 1.73. The Morgan fingerprint density at radius 1 is 0.800 bits per heavy atom. The van der Waals surface area contributed by atoms with Crippen LogP contribution in [0.3, 0.4) is 0 Å². The van der Waals surface area contributed by atoms with E-state index in [4.69, 9.17) is 9.47 Å². The summed E-state index contributed by atoms with van der Waals surface area (Å²) in [5.41, 5.74) is -0.393. The summed E-state index contributed by atoms with van der Waals surface area (Å²) in [7, 11) is 0. The van der Waals surface area contributed by atoms with Crippen molar-refractivity contribution in [1.82, 2.24) is 0 Å². The topological polar surface area (TPSA) is 38.7 Å². The first kappa shape index (κ1) is 22.9. The van der Waals surface area contributed by atoms with Crippen LogP contribution in [0, 0.1) is 0 Å². The van der Waals surface area contributed by atoms with Crippen molar-refractivity contribution in [2.45, 2.75) is 115 Å². The molecule has 3 nitrogen and oxygen atoms in total. The SMILES string of the molecule is CCCCCCCCCCCCCCCCOCC1(CO)CCCO1. The van der Waals surface area contributed by atoms with Gasteiger partial charge in [-0.05, 0) is 19.3 Å². The van der Waals surface area contributed by atoms with Gasteiger partial charge in [-0.25, -0.2) is 0 Å². The Bertz CT molecular complexity index is 274. The molecular weight excluding hydrogens is 312 g/mol. The van der Waals surface area contributed by atoms with E-state index < -0.39 is 5.60 Å². The summed E-state index contributed by atoms with van der Waals surface area (Å²) in [5.74, 6) is 0. The van der Waals surface area contributed by atoms with Gasteiger partial charge < -0.3 is 14.6 Å². The standard InChI is InChI=1S/C22H44O3/c1-2-3-4-5-6-7-8-9-10-11-12-13-14-15-18-24-21-22(20-23)17-16-19-25-22/h23H,2-21H2,1H3. The van der Waals surface area contributed by atoms with Crippen LogP contribution in [0.15, 0.2) is 0 Å². The molecule has 0 aliphatic carbocycles. The van der Waals surface area contributed by atoms with E-state index in [1.807, 2.05) is 0 Å². The number of unbranched alkanes of at least 4 members (excludes halogenated alkanes) is 13. The molecule has 1 aliphatic rings. The zero-order chi connectivity index (χ0) is 18.1. The molecule has 1 rings (SSSR count). The lowest BCUT2D eigenvalue weighted by atomic mass is 10.0. The Labute approximate surface area is 156 Å². The summed E-state index contributed by atoms with van der Waals surface area (Å²) in [4.78, 5) is 0. The van der Waals surface area contributed by atoms with Gasteiger partial charge in [-0.3, -0.25) is 0 Å². The van der Waals surface area contributed by atoms with Crippen molar-refractivity contribution >= 4 is 0 Å². The fourth-order valence-electron chi connectivity index (χ4n) is 3.70. The molecular formula is C22H44O3. The Kier molecular flexibility index (Phi) is 14.7. The van der Waals surface area contributed by atoms with Crippen LogP contribution in [0.1, 0.15) is 110 Å². The molecule has 1 saturated heterocycles. The molecule has 0 spiro atoms. The van der Waals surface area contributed by atoms with E-state index in [0.717, 1.165) is 32.5 Å². The number of hydrogen-bond donors (Lipinski definition) is 1. The van der Waals surface area contributed by atoms with Crippen molar-refractivity contribution in [2.75, 3.05) is 26.4 Å². The van der Waals surface area contributed by atoms with E-state index in [2.05, 4.69) is 6.92 Å². The number of aliphatic hydroxyl groups is 1. The van der Waals surface area contributed by atoms with E-state index in [1.165, 1.54) is 83.5 Å². The summed E-state index contributed by atoms with van der Waals surface area (Å²) >= 11 is 0. The predicted molar refractivity (Wildman–Crippen MR) is 106 cm³/mol. The predicted octanol–water partition coefficient (Wildman–Crippen LogP) is 6.03. The number of rotatable bonds is 18. The lowest BCUT2D eigenvalue weighted by Crippen LogP contribution is -2.38. The zero-order valence-corrected chi connectivity index (χ0v) is 16.9. The smallest absolute Gasteiger partial charge is 0.114 e. The molecule has 1 fully saturated rings. The van der Waals surface area contributed by atoms with Crippen LogP contribution in [-0.2, 0) is 9.47 Å². The minimum atomic E-state index is -0.393. The van der Waals surface area contributed by atoms with Crippen LogP contribution < -0.4 is 0 Å². The van der Waals surface area contributed by atoms with Crippen molar-refractivity contribution in [3.63, 3.8) is 0 Å². The normalized spacial score (nSPS) is 20.4. The molecule has 150 valence electrons. The van der Waals surface area contributed by atoms with E-state index in [9.17, 15) is 5.11 Å². The molecule has 0 bridgehead atoms. The van der Waals surface area contributed by atoms with Crippen molar-refractivity contribution in [3.8, 4) is 0 Å². The fourth-order valence-corrected chi connectivity index (χ4v) is 3.70. The van der Waals surface area contributed by atoms with Crippen molar-refractivity contribution in [3.05, 3.63) is 0 Å². The lowest BCUT2D eigenvalue weighted by molar-refractivity contribution is -0.0915. The number of ether oxygens (including phenoxy) is 2. The maximum Gasteiger partial charge on any atom is 0.114 e. The summed E-state index contributed by atoms with van der Waals surface area (Å²) in [6, 6.07) is 0. The van der Waals surface area contributed by atoms with Crippen molar-refractivity contribution < 1.29 is 14.6 Å². The van der Waals surface area contributed by atoms with Gasteiger partial charge in [-0.15, -0.1) is 0 Å².